The van der Waals surface area contributed by atoms with Gasteiger partial charge < -0.3 is 9.74 Å². The summed E-state index contributed by atoms with van der Waals surface area (Å²) in [6, 6.07) is 7.73. The van der Waals surface area contributed by atoms with Crippen molar-refractivity contribution in [2.45, 2.75) is 51.0 Å². The van der Waals surface area contributed by atoms with Gasteiger partial charge in [0.05, 0.1) is 5.71 Å². The summed E-state index contributed by atoms with van der Waals surface area (Å²) in [5.74, 6) is 0.270. The molecule has 0 saturated carbocycles. The maximum atomic E-state index is 12.1. The van der Waals surface area contributed by atoms with Gasteiger partial charge in [0.15, 0.2) is 0 Å². The molecule has 4 nitrogen and oxygen atoms in total. The Morgan fingerprint density at radius 3 is 2.78 bits per heavy atom. The zero-order chi connectivity index (χ0) is 16.3. The second-order valence-corrected chi connectivity index (χ2v) is 6.86. The number of benzene rings is 1. The summed E-state index contributed by atoms with van der Waals surface area (Å²) in [6.07, 6.45) is 5.13. The molecule has 0 unspecified atom stereocenters. The Morgan fingerprint density at radius 2 is 2.09 bits per heavy atom. The summed E-state index contributed by atoms with van der Waals surface area (Å²) in [4.78, 5) is 19.9. The standard InChI is InChI=1S/C18H23ClN2O2/c1-2-3-8-17(22)21-11-9-18(10-12-21)13-16(20-23-18)14-6-4-5-7-15(14)19/h4-7H,2-3,8-13H2,1H3. The van der Waals surface area contributed by atoms with Gasteiger partial charge in [0.2, 0.25) is 5.91 Å². The molecular weight excluding hydrogens is 312 g/mol. The van der Waals surface area contributed by atoms with E-state index in [0.29, 0.717) is 11.4 Å². The van der Waals surface area contributed by atoms with Crippen molar-refractivity contribution in [2.24, 2.45) is 5.16 Å². The first kappa shape index (κ1) is 16.3. The number of rotatable bonds is 4. The summed E-state index contributed by atoms with van der Waals surface area (Å²) < 4.78 is 0. The number of hydrogen-bond acceptors (Lipinski definition) is 3. The molecule has 23 heavy (non-hydrogen) atoms. The zero-order valence-electron chi connectivity index (χ0n) is 13.6. The zero-order valence-corrected chi connectivity index (χ0v) is 14.3. The number of hydrogen-bond donors (Lipinski definition) is 0. The molecule has 0 N–H and O–H groups in total. The fraction of sp³-hybridized carbons (Fsp3) is 0.556. The molecule has 1 aromatic rings. The molecule has 1 spiro atoms. The van der Waals surface area contributed by atoms with Crippen LogP contribution in [0.15, 0.2) is 29.4 Å². The number of nitrogens with zero attached hydrogens (tertiary/aromatic N) is 2. The average Bonchev–Trinajstić information content (AvgIpc) is 2.97. The molecule has 0 aromatic heterocycles. The summed E-state index contributed by atoms with van der Waals surface area (Å²) >= 11 is 6.26. The van der Waals surface area contributed by atoms with Crippen LogP contribution in [0.25, 0.3) is 0 Å². The third-order valence-electron chi connectivity index (χ3n) is 4.80. The van der Waals surface area contributed by atoms with E-state index in [-0.39, 0.29) is 11.5 Å². The maximum Gasteiger partial charge on any atom is 0.222 e. The monoisotopic (exact) mass is 334 g/mol. The number of piperidine rings is 1. The third kappa shape index (κ3) is 3.52. The molecule has 124 valence electrons. The first-order valence-corrected chi connectivity index (χ1v) is 8.79. The van der Waals surface area contributed by atoms with E-state index in [4.69, 9.17) is 16.4 Å². The number of unbranched alkanes of at least 4 members (excludes halogenated alkanes) is 1. The molecule has 2 aliphatic rings. The van der Waals surface area contributed by atoms with Crippen molar-refractivity contribution in [1.29, 1.82) is 0 Å². The summed E-state index contributed by atoms with van der Waals surface area (Å²) in [5.41, 5.74) is 1.62. The van der Waals surface area contributed by atoms with Gasteiger partial charge in [-0.1, -0.05) is 48.3 Å². The predicted molar refractivity (Wildman–Crippen MR) is 91.8 cm³/mol. The lowest BCUT2D eigenvalue weighted by atomic mass is 9.85. The van der Waals surface area contributed by atoms with Crippen LogP contribution in [-0.4, -0.2) is 35.2 Å². The minimum Gasteiger partial charge on any atom is -0.388 e. The molecule has 1 saturated heterocycles. The van der Waals surface area contributed by atoms with Crippen LogP contribution in [0.5, 0.6) is 0 Å². The summed E-state index contributed by atoms with van der Waals surface area (Å²) in [5, 5.41) is 5.00. The van der Waals surface area contributed by atoms with E-state index in [1.54, 1.807) is 0 Å². The highest BCUT2D eigenvalue weighted by atomic mass is 35.5. The van der Waals surface area contributed by atoms with E-state index in [1.165, 1.54) is 0 Å². The Balaban J connectivity index is 1.59. The van der Waals surface area contributed by atoms with Crippen molar-refractivity contribution < 1.29 is 9.63 Å². The molecule has 0 aliphatic carbocycles. The van der Waals surface area contributed by atoms with Crippen LogP contribution in [0.4, 0.5) is 0 Å². The SMILES string of the molecule is CCCCC(=O)N1CCC2(CC1)CC(c1ccccc1Cl)=NO2. The van der Waals surface area contributed by atoms with Crippen molar-refractivity contribution in [2.75, 3.05) is 13.1 Å². The molecule has 1 fully saturated rings. The predicted octanol–water partition coefficient (Wildman–Crippen LogP) is 4.02. The van der Waals surface area contributed by atoms with Gasteiger partial charge in [-0.15, -0.1) is 0 Å². The number of amides is 1. The lowest BCUT2D eigenvalue weighted by molar-refractivity contribution is -0.137. The molecule has 0 bridgehead atoms. The Labute approximate surface area is 142 Å². The second-order valence-electron chi connectivity index (χ2n) is 6.45. The van der Waals surface area contributed by atoms with Crippen molar-refractivity contribution in [3.8, 4) is 0 Å². The highest BCUT2D eigenvalue weighted by molar-refractivity contribution is 6.34. The van der Waals surface area contributed by atoms with Gasteiger partial charge in [-0.05, 0) is 12.5 Å². The third-order valence-corrected chi connectivity index (χ3v) is 5.13. The second kappa shape index (κ2) is 6.91. The molecule has 2 aliphatic heterocycles. The number of halogens is 1. The molecular formula is C18H23ClN2O2. The summed E-state index contributed by atoms with van der Waals surface area (Å²) in [7, 11) is 0. The Morgan fingerprint density at radius 1 is 1.35 bits per heavy atom. The molecule has 0 radical (unpaired) electrons. The van der Waals surface area contributed by atoms with Crippen LogP contribution >= 0.6 is 11.6 Å². The lowest BCUT2D eigenvalue weighted by Crippen LogP contribution is -2.46. The molecule has 5 heteroatoms. The van der Waals surface area contributed by atoms with Gasteiger partial charge in [0, 0.05) is 49.4 Å². The number of oxime groups is 1. The Kier molecular flexibility index (Phi) is 4.90. The average molecular weight is 335 g/mol. The van der Waals surface area contributed by atoms with Gasteiger partial charge in [-0.25, -0.2) is 0 Å². The van der Waals surface area contributed by atoms with Gasteiger partial charge in [-0.2, -0.15) is 0 Å². The first-order valence-electron chi connectivity index (χ1n) is 8.41. The van der Waals surface area contributed by atoms with E-state index in [2.05, 4.69) is 12.1 Å². The van der Waals surface area contributed by atoms with Gasteiger partial charge in [0.1, 0.15) is 5.60 Å². The quantitative estimate of drug-likeness (QED) is 0.834. The fourth-order valence-corrected chi connectivity index (χ4v) is 3.52. The highest BCUT2D eigenvalue weighted by Gasteiger charge is 2.43. The highest BCUT2D eigenvalue weighted by Crippen LogP contribution is 2.37. The van der Waals surface area contributed by atoms with Crippen LogP contribution in [0, 0.1) is 0 Å². The minimum atomic E-state index is -0.254. The normalized spacial score (nSPS) is 19.6. The number of carbonyl (C=O) groups is 1. The van der Waals surface area contributed by atoms with Crippen molar-refractivity contribution in [1.82, 2.24) is 4.90 Å². The lowest BCUT2D eigenvalue weighted by Gasteiger charge is -2.37. The molecule has 3 rings (SSSR count). The molecule has 1 amide bonds. The van der Waals surface area contributed by atoms with E-state index in [0.717, 1.165) is 56.5 Å². The van der Waals surface area contributed by atoms with Gasteiger partial charge in [-0.3, -0.25) is 4.79 Å². The van der Waals surface area contributed by atoms with Crippen molar-refractivity contribution in [3.63, 3.8) is 0 Å². The van der Waals surface area contributed by atoms with Crippen molar-refractivity contribution >= 4 is 23.2 Å². The Bertz CT molecular complexity index is 607. The summed E-state index contributed by atoms with van der Waals surface area (Å²) in [6.45, 7) is 3.63. The largest absolute Gasteiger partial charge is 0.388 e. The van der Waals surface area contributed by atoms with Crippen LogP contribution in [0.2, 0.25) is 5.02 Å². The molecule has 2 heterocycles. The smallest absolute Gasteiger partial charge is 0.222 e. The van der Waals surface area contributed by atoms with Crippen LogP contribution in [-0.2, 0) is 9.63 Å². The number of likely N-dealkylation sites (tertiary alicyclic amines) is 1. The van der Waals surface area contributed by atoms with Gasteiger partial charge >= 0.3 is 0 Å². The van der Waals surface area contributed by atoms with Crippen molar-refractivity contribution in [3.05, 3.63) is 34.9 Å². The van der Waals surface area contributed by atoms with E-state index in [9.17, 15) is 4.79 Å². The first-order chi connectivity index (χ1) is 11.1. The molecule has 0 atom stereocenters. The number of carbonyl (C=O) groups excluding carboxylic acids is 1. The van der Waals surface area contributed by atoms with Crippen LogP contribution in [0.3, 0.4) is 0 Å². The van der Waals surface area contributed by atoms with E-state index in [1.807, 2.05) is 29.2 Å². The van der Waals surface area contributed by atoms with Crippen LogP contribution in [0.1, 0.15) is 51.0 Å². The van der Waals surface area contributed by atoms with E-state index < -0.39 is 0 Å². The van der Waals surface area contributed by atoms with Gasteiger partial charge in [0.25, 0.3) is 0 Å². The van der Waals surface area contributed by atoms with E-state index >= 15 is 0 Å². The maximum absolute atomic E-state index is 12.1. The van der Waals surface area contributed by atoms with Crippen LogP contribution < -0.4 is 0 Å². The topological polar surface area (TPSA) is 41.9 Å². The minimum absolute atomic E-state index is 0.254. The Hall–Kier alpha value is -1.55. The fourth-order valence-electron chi connectivity index (χ4n) is 3.28. The molecule has 1 aromatic carbocycles.